The van der Waals surface area contributed by atoms with Crippen LogP contribution in [0.2, 0.25) is 0 Å². The van der Waals surface area contributed by atoms with E-state index in [2.05, 4.69) is 41.9 Å². The number of carbonyl (C=O) groups is 2. The molecule has 0 radical (unpaired) electrons. The zero-order valence-corrected chi connectivity index (χ0v) is 21.4. The van der Waals surface area contributed by atoms with E-state index in [1.165, 1.54) is 19.1 Å². The number of phenolic OH excluding ortho intramolecular Hbond substituents is 1. The van der Waals surface area contributed by atoms with Crippen LogP contribution < -0.4 is 14.8 Å². The van der Waals surface area contributed by atoms with Crippen LogP contribution in [-0.2, 0) is 6.42 Å². The number of aromatic nitrogens is 4. The van der Waals surface area contributed by atoms with Crippen LogP contribution in [0.15, 0.2) is 28.7 Å². The molecule has 10 nitrogen and oxygen atoms in total. The molecule has 0 aliphatic rings. The second-order valence-electron chi connectivity index (χ2n) is 7.95. The van der Waals surface area contributed by atoms with E-state index in [1.807, 2.05) is 6.92 Å². The quantitative estimate of drug-likeness (QED) is 0.216. The Morgan fingerprint density at radius 3 is 2.49 bits per heavy atom. The number of Topliss-reactive ketones (excluding diaryl/α,β-unsaturated/α-hetero) is 1. The van der Waals surface area contributed by atoms with Crippen molar-refractivity contribution in [3.05, 3.63) is 51.3 Å². The molecule has 14 heteroatoms. The predicted octanol–water partition coefficient (Wildman–Crippen LogP) is 4.77. The third-order valence-corrected chi connectivity index (χ3v) is 5.80. The highest BCUT2D eigenvalue weighted by molar-refractivity contribution is 9.10. The number of nitrogens with zero attached hydrogens (tertiary/aromatic N) is 3. The second kappa shape index (κ2) is 12.0. The van der Waals surface area contributed by atoms with Gasteiger partial charge in [-0.1, -0.05) is 0 Å². The molecule has 37 heavy (non-hydrogen) atoms. The van der Waals surface area contributed by atoms with Crippen LogP contribution in [0.4, 0.5) is 18.9 Å². The van der Waals surface area contributed by atoms with Crippen LogP contribution in [-0.4, -0.2) is 56.8 Å². The van der Waals surface area contributed by atoms with Gasteiger partial charge in [0.05, 0.1) is 24.5 Å². The van der Waals surface area contributed by atoms with Crippen LogP contribution in [0.25, 0.3) is 0 Å². The zero-order valence-electron chi connectivity index (χ0n) is 19.8. The standard InChI is InChI=1S/C23H23BrF3N5O5/c1-12-10-16(24)17(28-22(35)21-29-31-32-30-21)11-19(12)37-9-3-8-36-18-5-4-14(13(2)33)20(34)15(18)6-7-23(25,26)27/h4-5,10-11,34H,3,6-9H2,1-2H3,(H,28,35)(H,29,30,31,32). The van der Waals surface area contributed by atoms with E-state index in [0.717, 1.165) is 5.56 Å². The monoisotopic (exact) mass is 585 g/mol. The number of carbonyl (C=O) groups excluding carboxylic acids is 2. The summed E-state index contributed by atoms with van der Waals surface area (Å²) in [6.45, 7) is 3.30. The van der Waals surface area contributed by atoms with Crippen molar-refractivity contribution in [3.63, 3.8) is 0 Å². The SMILES string of the molecule is CC(=O)c1ccc(OCCCOc2cc(NC(=O)c3nn[nH]n3)c(Br)cc2C)c(CCC(F)(F)F)c1O. The van der Waals surface area contributed by atoms with Gasteiger partial charge in [0.2, 0.25) is 0 Å². The number of phenols is 1. The molecular formula is C23H23BrF3N5O5. The lowest BCUT2D eigenvalue weighted by Crippen LogP contribution is -2.14. The number of nitrogens with one attached hydrogen (secondary N) is 2. The molecule has 1 aromatic heterocycles. The van der Waals surface area contributed by atoms with Crippen LogP contribution >= 0.6 is 15.9 Å². The minimum atomic E-state index is -4.43. The lowest BCUT2D eigenvalue weighted by Gasteiger charge is -2.16. The number of tetrazole rings is 1. The van der Waals surface area contributed by atoms with Gasteiger partial charge >= 0.3 is 6.18 Å². The molecule has 3 N–H and O–H groups in total. The van der Waals surface area contributed by atoms with Gasteiger partial charge in [0, 0.05) is 28.9 Å². The smallest absolute Gasteiger partial charge is 0.389 e. The normalized spacial score (nSPS) is 11.3. The zero-order chi connectivity index (χ0) is 27.2. The molecule has 0 saturated heterocycles. The summed E-state index contributed by atoms with van der Waals surface area (Å²) in [5, 5.41) is 25.8. The number of H-pyrrole nitrogens is 1. The van der Waals surface area contributed by atoms with Gasteiger partial charge in [-0.2, -0.15) is 18.4 Å². The maximum Gasteiger partial charge on any atom is 0.389 e. The highest BCUT2D eigenvalue weighted by Gasteiger charge is 2.29. The molecule has 0 aliphatic heterocycles. The largest absolute Gasteiger partial charge is 0.507 e. The fourth-order valence-corrected chi connectivity index (χ4v) is 3.87. The number of ketones is 1. The lowest BCUT2D eigenvalue weighted by atomic mass is 10.0. The minimum Gasteiger partial charge on any atom is -0.507 e. The first-order valence-electron chi connectivity index (χ1n) is 11.0. The number of hydrogen-bond donors (Lipinski definition) is 3. The Kier molecular flexibility index (Phi) is 9.08. The average Bonchev–Trinajstić information content (AvgIpc) is 3.35. The fourth-order valence-electron chi connectivity index (χ4n) is 3.31. The lowest BCUT2D eigenvalue weighted by molar-refractivity contribution is -0.134. The summed E-state index contributed by atoms with van der Waals surface area (Å²) in [4.78, 5) is 23.9. The molecule has 0 unspecified atom stereocenters. The Labute approximate surface area is 217 Å². The molecule has 0 bridgehead atoms. The summed E-state index contributed by atoms with van der Waals surface area (Å²) >= 11 is 3.38. The van der Waals surface area contributed by atoms with Crippen molar-refractivity contribution in [1.29, 1.82) is 0 Å². The number of amides is 1. The first-order chi connectivity index (χ1) is 17.5. The van der Waals surface area contributed by atoms with E-state index in [-0.39, 0.29) is 35.9 Å². The highest BCUT2D eigenvalue weighted by atomic mass is 79.9. The first-order valence-corrected chi connectivity index (χ1v) is 11.8. The van der Waals surface area contributed by atoms with Crippen molar-refractivity contribution < 1.29 is 37.3 Å². The fraction of sp³-hybridized carbons (Fsp3) is 0.348. The Bertz CT molecular complexity index is 1270. The topological polar surface area (TPSA) is 139 Å². The number of benzene rings is 2. The molecule has 0 atom stereocenters. The van der Waals surface area contributed by atoms with Crippen molar-refractivity contribution in [2.75, 3.05) is 18.5 Å². The van der Waals surface area contributed by atoms with E-state index in [9.17, 15) is 27.9 Å². The minimum absolute atomic E-state index is 0.0676. The van der Waals surface area contributed by atoms with Crippen LogP contribution in [0.5, 0.6) is 17.2 Å². The molecule has 0 saturated carbocycles. The number of aromatic amines is 1. The Balaban J connectivity index is 1.61. The number of hydrogen-bond acceptors (Lipinski definition) is 8. The number of rotatable bonds is 11. The van der Waals surface area contributed by atoms with E-state index >= 15 is 0 Å². The second-order valence-corrected chi connectivity index (χ2v) is 8.80. The average molecular weight is 586 g/mol. The maximum atomic E-state index is 12.8. The Morgan fingerprint density at radius 1 is 1.16 bits per heavy atom. The Morgan fingerprint density at radius 2 is 1.86 bits per heavy atom. The van der Waals surface area contributed by atoms with Gasteiger partial charge in [-0.3, -0.25) is 9.59 Å². The molecule has 0 aliphatic carbocycles. The van der Waals surface area contributed by atoms with Crippen molar-refractivity contribution >= 4 is 33.3 Å². The molecular weight excluding hydrogens is 563 g/mol. The van der Waals surface area contributed by atoms with Crippen molar-refractivity contribution in [2.24, 2.45) is 0 Å². The molecule has 2 aromatic carbocycles. The van der Waals surface area contributed by atoms with Gasteiger partial charge < -0.3 is 19.9 Å². The third-order valence-electron chi connectivity index (χ3n) is 5.14. The summed E-state index contributed by atoms with van der Waals surface area (Å²) in [6, 6.07) is 6.06. The third kappa shape index (κ3) is 7.65. The summed E-state index contributed by atoms with van der Waals surface area (Å²) in [6.07, 6.45) is -5.78. The van der Waals surface area contributed by atoms with Gasteiger partial charge in [0.25, 0.3) is 11.7 Å². The number of alkyl halides is 3. The number of aryl methyl sites for hydroxylation is 1. The van der Waals surface area contributed by atoms with Gasteiger partial charge in [-0.15, -0.1) is 10.2 Å². The van der Waals surface area contributed by atoms with E-state index in [1.54, 1.807) is 12.1 Å². The summed E-state index contributed by atoms with van der Waals surface area (Å²) in [5.74, 6) is -1.13. The van der Waals surface area contributed by atoms with Crippen molar-refractivity contribution in [2.45, 2.75) is 39.3 Å². The molecule has 198 valence electrons. The molecule has 1 heterocycles. The van der Waals surface area contributed by atoms with E-state index in [4.69, 9.17) is 9.47 Å². The van der Waals surface area contributed by atoms with Gasteiger partial charge in [0.1, 0.15) is 17.2 Å². The molecule has 3 aromatic rings. The van der Waals surface area contributed by atoms with Crippen LogP contribution in [0.1, 0.15) is 51.9 Å². The maximum absolute atomic E-state index is 12.8. The van der Waals surface area contributed by atoms with Crippen LogP contribution in [0, 0.1) is 6.92 Å². The van der Waals surface area contributed by atoms with Gasteiger partial charge in [0.15, 0.2) is 5.78 Å². The van der Waals surface area contributed by atoms with E-state index in [0.29, 0.717) is 22.3 Å². The highest BCUT2D eigenvalue weighted by Crippen LogP contribution is 2.35. The number of ether oxygens (including phenoxy) is 2. The number of halogens is 4. The summed E-state index contributed by atoms with van der Waals surface area (Å²) in [7, 11) is 0. The molecule has 1 amide bonds. The van der Waals surface area contributed by atoms with Gasteiger partial charge in [-0.25, -0.2) is 0 Å². The Hall–Kier alpha value is -3.68. The number of aromatic hydroxyl groups is 1. The predicted molar refractivity (Wildman–Crippen MR) is 129 cm³/mol. The van der Waals surface area contributed by atoms with Crippen molar-refractivity contribution in [1.82, 2.24) is 20.6 Å². The summed E-state index contributed by atoms with van der Waals surface area (Å²) in [5.41, 5.74) is 1.06. The molecule has 0 spiro atoms. The molecule has 0 fully saturated rings. The first kappa shape index (κ1) is 27.9. The number of anilines is 1. The van der Waals surface area contributed by atoms with E-state index < -0.39 is 36.5 Å². The molecule has 3 rings (SSSR count). The summed E-state index contributed by atoms with van der Waals surface area (Å²) < 4.78 is 50.3. The van der Waals surface area contributed by atoms with Crippen LogP contribution in [0.3, 0.4) is 0 Å². The van der Waals surface area contributed by atoms with Gasteiger partial charge in [-0.05, 0) is 65.2 Å². The van der Waals surface area contributed by atoms with Crippen molar-refractivity contribution in [3.8, 4) is 17.2 Å².